The molecule has 1 aliphatic rings. The van der Waals surface area contributed by atoms with Crippen molar-refractivity contribution in [2.24, 2.45) is 0 Å². The summed E-state index contributed by atoms with van der Waals surface area (Å²) in [6.45, 7) is 8.53. The fourth-order valence-corrected chi connectivity index (χ4v) is 3.99. The number of hydrogen-bond acceptors (Lipinski definition) is 6. The molecule has 1 atom stereocenters. The minimum atomic E-state index is -0.254. The highest BCUT2D eigenvalue weighted by atomic mass is 16.3. The number of hydrogen-bond donors (Lipinski definition) is 0. The molecule has 2 aromatic heterocycles. The lowest BCUT2D eigenvalue weighted by atomic mass is 10.1. The van der Waals surface area contributed by atoms with Crippen LogP contribution in [0.5, 0.6) is 0 Å². The highest BCUT2D eigenvalue weighted by Crippen LogP contribution is 2.20. The van der Waals surface area contributed by atoms with Gasteiger partial charge in [-0.05, 0) is 44.5 Å². The topological polar surface area (TPSA) is 82.8 Å². The summed E-state index contributed by atoms with van der Waals surface area (Å²) in [6, 6.07) is 15.4. The lowest BCUT2D eigenvalue weighted by molar-refractivity contribution is -0.132. The molecule has 8 heteroatoms. The molecule has 1 saturated heterocycles. The van der Waals surface area contributed by atoms with Crippen LogP contribution < -0.4 is 4.90 Å². The average molecular weight is 462 g/mol. The molecule has 3 aromatic rings. The van der Waals surface area contributed by atoms with Gasteiger partial charge in [0.2, 0.25) is 5.91 Å². The van der Waals surface area contributed by atoms with Crippen LogP contribution in [0.3, 0.4) is 0 Å². The van der Waals surface area contributed by atoms with E-state index in [-0.39, 0.29) is 30.2 Å². The Labute approximate surface area is 200 Å². The monoisotopic (exact) mass is 461 g/mol. The number of carbonyl (C=O) groups is 2. The average Bonchev–Trinajstić information content (AvgIpc) is 3.42. The predicted molar refractivity (Wildman–Crippen MR) is 130 cm³/mol. The Morgan fingerprint density at radius 1 is 1.03 bits per heavy atom. The van der Waals surface area contributed by atoms with Crippen LogP contribution in [0.1, 0.15) is 36.4 Å². The lowest BCUT2D eigenvalue weighted by Crippen LogP contribution is -2.53. The first-order valence-electron chi connectivity index (χ1n) is 11.7. The van der Waals surface area contributed by atoms with E-state index in [2.05, 4.69) is 34.2 Å². The Bertz CT molecular complexity index is 1090. The smallest absolute Gasteiger partial charge is 0.290 e. The van der Waals surface area contributed by atoms with Gasteiger partial charge in [-0.2, -0.15) is 0 Å². The Hall–Kier alpha value is -3.68. The first-order valence-corrected chi connectivity index (χ1v) is 11.7. The van der Waals surface area contributed by atoms with Crippen LogP contribution in [-0.2, 0) is 4.79 Å². The van der Waals surface area contributed by atoms with Crippen molar-refractivity contribution in [3.05, 3.63) is 66.1 Å². The third kappa shape index (κ3) is 5.27. The molecule has 0 bridgehead atoms. The van der Waals surface area contributed by atoms with Crippen molar-refractivity contribution in [1.82, 2.24) is 20.0 Å². The minimum Gasteiger partial charge on any atom is -0.459 e. The van der Waals surface area contributed by atoms with Gasteiger partial charge < -0.3 is 19.1 Å². The Kier molecular flexibility index (Phi) is 7.25. The first-order chi connectivity index (χ1) is 16.5. The molecule has 178 valence electrons. The molecule has 0 unspecified atom stereocenters. The summed E-state index contributed by atoms with van der Waals surface area (Å²) in [6.07, 6.45) is 2.23. The number of anilines is 1. The van der Waals surface area contributed by atoms with Crippen molar-refractivity contribution >= 4 is 17.6 Å². The predicted octanol–water partition coefficient (Wildman–Crippen LogP) is 3.63. The molecule has 0 N–H and O–H groups in total. The standard InChI is InChI=1S/C26H31N5O3/c1-4-20(3)31(26(33)23-6-5-17-34-23)18-25(32)30-15-13-29(14-16-30)24-12-11-22(27-28-24)21-9-7-19(2)8-10-21/h5-12,17,20H,4,13-16,18H2,1-3H3/t20-/m1/s1. The van der Waals surface area contributed by atoms with Gasteiger partial charge in [-0.1, -0.05) is 36.8 Å². The van der Waals surface area contributed by atoms with Gasteiger partial charge in [-0.25, -0.2) is 0 Å². The van der Waals surface area contributed by atoms with Crippen molar-refractivity contribution in [3.8, 4) is 11.3 Å². The molecule has 0 saturated carbocycles. The minimum absolute atomic E-state index is 0.0413. The van der Waals surface area contributed by atoms with Crippen molar-refractivity contribution in [1.29, 1.82) is 0 Å². The summed E-state index contributed by atoms with van der Waals surface area (Å²) in [5.74, 6) is 0.749. The van der Waals surface area contributed by atoms with Crippen molar-refractivity contribution in [3.63, 3.8) is 0 Å². The number of furan rings is 1. The largest absolute Gasteiger partial charge is 0.459 e. The molecule has 8 nitrogen and oxygen atoms in total. The number of aromatic nitrogens is 2. The summed E-state index contributed by atoms with van der Waals surface area (Å²) in [5.41, 5.74) is 3.08. The van der Waals surface area contributed by atoms with E-state index in [0.29, 0.717) is 26.2 Å². The van der Waals surface area contributed by atoms with Gasteiger partial charge in [0.25, 0.3) is 5.91 Å². The van der Waals surface area contributed by atoms with Gasteiger partial charge >= 0.3 is 0 Å². The number of nitrogens with zero attached hydrogens (tertiary/aromatic N) is 5. The molecule has 1 aliphatic heterocycles. The summed E-state index contributed by atoms with van der Waals surface area (Å²) in [5, 5.41) is 8.81. The molecule has 34 heavy (non-hydrogen) atoms. The van der Waals surface area contributed by atoms with E-state index in [0.717, 1.165) is 23.5 Å². The molecule has 0 spiro atoms. The maximum atomic E-state index is 13.0. The third-order valence-electron chi connectivity index (χ3n) is 6.38. The molecular formula is C26H31N5O3. The number of benzene rings is 1. The molecule has 0 radical (unpaired) electrons. The van der Waals surface area contributed by atoms with Gasteiger partial charge in [0, 0.05) is 37.8 Å². The van der Waals surface area contributed by atoms with E-state index in [4.69, 9.17) is 4.42 Å². The fraction of sp³-hybridized carbons (Fsp3) is 0.385. The SMILES string of the molecule is CC[C@@H](C)N(CC(=O)N1CCN(c2ccc(-c3ccc(C)cc3)nn2)CC1)C(=O)c1ccco1. The Morgan fingerprint density at radius 3 is 2.35 bits per heavy atom. The molecule has 2 amide bonds. The van der Waals surface area contributed by atoms with Crippen LogP contribution in [0.4, 0.5) is 5.82 Å². The van der Waals surface area contributed by atoms with Gasteiger partial charge in [-0.15, -0.1) is 10.2 Å². The maximum absolute atomic E-state index is 13.0. The van der Waals surface area contributed by atoms with Crippen molar-refractivity contribution in [2.45, 2.75) is 33.2 Å². The van der Waals surface area contributed by atoms with Crippen LogP contribution in [0, 0.1) is 6.92 Å². The number of amides is 2. The van der Waals surface area contributed by atoms with E-state index in [9.17, 15) is 9.59 Å². The normalized spacial score (nSPS) is 14.7. The van der Waals surface area contributed by atoms with Crippen molar-refractivity contribution in [2.75, 3.05) is 37.6 Å². The maximum Gasteiger partial charge on any atom is 0.290 e. The van der Waals surface area contributed by atoms with E-state index >= 15 is 0 Å². The molecule has 1 fully saturated rings. The van der Waals surface area contributed by atoms with E-state index < -0.39 is 0 Å². The Balaban J connectivity index is 1.34. The molecular weight excluding hydrogens is 430 g/mol. The summed E-state index contributed by atoms with van der Waals surface area (Å²) in [4.78, 5) is 31.4. The number of aryl methyl sites for hydroxylation is 1. The van der Waals surface area contributed by atoms with E-state index in [1.165, 1.54) is 11.8 Å². The molecule has 1 aromatic carbocycles. The quantitative estimate of drug-likeness (QED) is 0.534. The van der Waals surface area contributed by atoms with Gasteiger partial charge in [0.05, 0.1) is 12.0 Å². The first kappa shape index (κ1) is 23.5. The fourth-order valence-electron chi connectivity index (χ4n) is 3.99. The second kappa shape index (κ2) is 10.5. The zero-order valence-corrected chi connectivity index (χ0v) is 20.0. The van der Waals surface area contributed by atoms with Crippen LogP contribution in [-0.4, -0.2) is 70.6 Å². The summed E-state index contributed by atoms with van der Waals surface area (Å²) >= 11 is 0. The van der Waals surface area contributed by atoms with Gasteiger partial charge in [-0.3, -0.25) is 9.59 Å². The highest BCUT2D eigenvalue weighted by Gasteiger charge is 2.29. The zero-order chi connectivity index (χ0) is 24.1. The van der Waals surface area contributed by atoms with E-state index in [1.54, 1.807) is 17.0 Å². The lowest BCUT2D eigenvalue weighted by Gasteiger charge is -2.37. The number of carbonyl (C=O) groups excluding carboxylic acids is 2. The summed E-state index contributed by atoms with van der Waals surface area (Å²) < 4.78 is 5.27. The Morgan fingerprint density at radius 2 is 1.76 bits per heavy atom. The highest BCUT2D eigenvalue weighted by molar-refractivity contribution is 5.94. The molecule has 4 rings (SSSR count). The van der Waals surface area contributed by atoms with Crippen LogP contribution in [0.2, 0.25) is 0 Å². The van der Waals surface area contributed by atoms with E-state index in [1.807, 2.05) is 43.0 Å². The molecule has 0 aliphatic carbocycles. The van der Waals surface area contributed by atoms with Gasteiger partial charge in [0.1, 0.15) is 6.54 Å². The zero-order valence-electron chi connectivity index (χ0n) is 20.0. The third-order valence-corrected chi connectivity index (χ3v) is 6.38. The van der Waals surface area contributed by atoms with Crippen LogP contribution >= 0.6 is 0 Å². The summed E-state index contributed by atoms with van der Waals surface area (Å²) in [7, 11) is 0. The number of piperazine rings is 1. The second-order valence-corrected chi connectivity index (χ2v) is 8.68. The van der Waals surface area contributed by atoms with Crippen LogP contribution in [0.25, 0.3) is 11.3 Å². The van der Waals surface area contributed by atoms with Crippen LogP contribution in [0.15, 0.2) is 59.2 Å². The second-order valence-electron chi connectivity index (χ2n) is 8.68. The molecule has 3 heterocycles. The van der Waals surface area contributed by atoms with Crippen molar-refractivity contribution < 1.29 is 14.0 Å². The number of rotatable bonds is 7. The van der Waals surface area contributed by atoms with Gasteiger partial charge in [0.15, 0.2) is 11.6 Å².